The molecule has 2 unspecified atom stereocenters. The SMILES string of the molecule is O=C(NCC(C(=O)O)C1CCOCC1)C1Cc2cc(Cl)ccc2O1. The number of rotatable bonds is 5. The van der Waals surface area contributed by atoms with Gasteiger partial charge in [0, 0.05) is 31.2 Å². The molecule has 0 saturated carbocycles. The van der Waals surface area contributed by atoms with E-state index in [2.05, 4.69) is 5.32 Å². The molecule has 1 amide bonds. The van der Waals surface area contributed by atoms with Crippen LogP contribution in [0.1, 0.15) is 18.4 Å². The van der Waals surface area contributed by atoms with Crippen molar-refractivity contribution in [1.82, 2.24) is 5.32 Å². The van der Waals surface area contributed by atoms with E-state index in [1.165, 1.54) is 0 Å². The topological polar surface area (TPSA) is 84.9 Å². The van der Waals surface area contributed by atoms with Crippen LogP contribution < -0.4 is 10.1 Å². The normalized spacial score (nSPS) is 21.6. The number of hydrogen-bond acceptors (Lipinski definition) is 4. The summed E-state index contributed by atoms with van der Waals surface area (Å²) < 4.78 is 10.9. The second-order valence-corrected chi connectivity index (χ2v) is 6.64. The zero-order chi connectivity index (χ0) is 17.1. The Bertz CT molecular complexity index is 629. The third-order valence-electron chi connectivity index (χ3n) is 4.64. The number of carboxylic acid groups (broad SMARTS) is 1. The third-order valence-corrected chi connectivity index (χ3v) is 4.87. The van der Waals surface area contributed by atoms with Crippen molar-refractivity contribution in [1.29, 1.82) is 0 Å². The van der Waals surface area contributed by atoms with Crippen LogP contribution in [0.25, 0.3) is 0 Å². The number of nitrogens with one attached hydrogen (secondary N) is 1. The summed E-state index contributed by atoms with van der Waals surface area (Å²) in [6, 6.07) is 5.24. The minimum absolute atomic E-state index is 0.0250. The van der Waals surface area contributed by atoms with Crippen LogP contribution in [0.15, 0.2) is 18.2 Å². The number of carbonyl (C=O) groups is 2. The Labute approximate surface area is 145 Å². The Morgan fingerprint density at radius 1 is 1.33 bits per heavy atom. The lowest BCUT2D eigenvalue weighted by molar-refractivity contribution is -0.145. The fourth-order valence-corrected chi connectivity index (χ4v) is 3.46. The summed E-state index contributed by atoms with van der Waals surface area (Å²) in [5, 5.41) is 12.8. The number of benzene rings is 1. The van der Waals surface area contributed by atoms with Gasteiger partial charge < -0.3 is 19.9 Å². The molecule has 0 bridgehead atoms. The van der Waals surface area contributed by atoms with Gasteiger partial charge in [-0.1, -0.05) is 11.6 Å². The van der Waals surface area contributed by atoms with Crippen molar-refractivity contribution < 1.29 is 24.2 Å². The summed E-state index contributed by atoms with van der Waals surface area (Å²) in [5.74, 6) is -1.10. The smallest absolute Gasteiger partial charge is 0.308 e. The number of carboxylic acids is 1. The molecule has 0 spiro atoms. The van der Waals surface area contributed by atoms with Crippen LogP contribution in [0.5, 0.6) is 5.75 Å². The Hall–Kier alpha value is -1.79. The van der Waals surface area contributed by atoms with Crippen LogP contribution in [0.3, 0.4) is 0 Å². The summed E-state index contributed by atoms with van der Waals surface area (Å²) in [6.45, 7) is 1.25. The first kappa shape index (κ1) is 17.0. The molecule has 1 saturated heterocycles. The van der Waals surface area contributed by atoms with Crippen LogP contribution >= 0.6 is 11.6 Å². The Kier molecular flexibility index (Phi) is 5.26. The molecule has 3 rings (SSSR count). The van der Waals surface area contributed by atoms with Crippen molar-refractivity contribution in [2.45, 2.75) is 25.4 Å². The predicted octanol–water partition coefficient (Wildman–Crippen LogP) is 1.89. The van der Waals surface area contributed by atoms with Gasteiger partial charge in [-0.15, -0.1) is 0 Å². The van der Waals surface area contributed by atoms with E-state index in [0.29, 0.717) is 43.2 Å². The highest BCUT2D eigenvalue weighted by molar-refractivity contribution is 6.30. The molecule has 2 aliphatic heterocycles. The second kappa shape index (κ2) is 7.40. The van der Waals surface area contributed by atoms with Gasteiger partial charge in [-0.25, -0.2) is 0 Å². The van der Waals surface area contributed by atoms with Crippen LogP contribution in [0.4, 0.5) is 0 Å². The van der Waals surface area contributed by atoms with E-state index in [4.69, 9.17) is 21.1 Å². The summed E-state index contributed by atoms with van der Waals surface area (Å²) in [7, 11) is 0. The van der Waals surface area contributed by atoms with Crippen LogP contribution in [-0.2, 0) is 20.7 Å². The molecule has 2 N–H and O–H groups in total. The first-order chi connectivity index (χ1) is 11.5. The zero-order valence-corrected chi connectivity index (χ0v) is 13.9. The maximum Gasteiger partial charge on any atom is 0.308 e. The molecule has 0 aromatic heterocycles. The van der Waals surface area contributed by atoms with E-state index in [0.717, 1.165) is 5.56 Å². The largest absolute Gasteiger partial charge is 0.481 e. The van der Waals surface area contributed by atoms with E-state index in [-0.39, 0.29) is 18.4 Å². The van der Waals surface area contributed by atoms with Gasteiger partial charge in [0.05, 0.1) is 5.92 Å². The minimum atomic E-state index is -0.885. The molecule has 24 heavy (non-hydrogen) atoms. The van der Waals surface area contributed by atoms with Gasteiger partial charge in [0.1, 0.15) is 5.75 Å². The molecule has 0 radical (unpaired) electrons. The maximum absolute atomic E-state index is 12.3. The van der Waals surface area contributed by atoms with E-state index in [1.54, 1.807) is 18.2 Å². The number of ether oxygens (including phenoxy) is 2. The van der Waals surface area contributed by atoms with Crippen molar-refractivity contribution in [2.24, 2.45) is 11.8 Å². The quantitative estimate of drug-likeness (QED) is 0.844. The van der Waals surface area contributed by atoms with Gasteiger partial charge in [-0.3, -0.25) is 9.59 Å². The third kappa shape index (κ3) is 3.82. The lowest BCUT2D eigenvalue weighted by Gasteiger charge is -2.28. The van der Waals surface area contributed by atoms with E-state index in [1.807, 2.05) is 0 Å². The van der Waals surface area contributed by atoms with Crippen molar-refractivity contribution in [3.63, 3.8) is 0 Å². The molecule has 2 heterocycles. The standard InChI is InChI=1S/C17H20ClNO5/c18-12-1-2-14-11(7-12)8-15(24-14)16(20)19-9-13(17(21)22)10-3-5-23-6-4-10/h1-2,7,10,13,15H,3-6,8-9H2,(H,19,20)(H,21,22). The molecule has 7 heteroatoms. The van der Waals surface area contributed by atoms with E-state index >= 15 is 0 Å². The molecule has 1 aromatic carbocycles. The van der Waals surface area contributed by atoms with E-state index < -0.39 is 18.0 Å². The summed E-state index contributed by atoms with van der Waals surface area (Å²) in [5.41, 5.74) is 0.891. The maximum atomic E-state index is 12.3. The summed E-state index contributed by atoms with van der Waals surface area (Å²) in [4.78, 5) is 23.8. The highest BCUT2D eigenvalue weighted by Gasteiger charge is 2.33. The summed E-state index contributed by atoms with van der Waals surface area (Å²) >= 11 is 5.94. The van der Waals surface area contributed by atoms with Gasteiger partial charge in [0.15, 0.2) is 6.10 Å². The van der Waals surface area contributed by atoms with Crippen molar-refractivity contribution in [2.75, 3.05) is 19.8 Å². The molecule has 0 aliphatic carbocycles. The second-order valence-electron chi connectivity index (χ2n) is 6.20. The first-order valence-corrected chi connectivity index (χ1v) is 8.45. The molecule has 2 atom stereocenters. The highest BCUT2D eigenvalue weighted by atomic mass is 35.5. The number of amides is 1. The number of aliphatic carboxylic acids is 1. The zero-order valence-electron chi connectivity index (χ0n) is 13.2. The molecule has 1 fully saturated rings. The van der Waals surface area contributed by atoms with Gasteiger partial charge in [0.2, 0.25) is 0 Å². The molecule has 1 aromatic rings. The summed E-state index contributed by atoms with van der Waals surface area (Å²) in [6.07, 6.45) is 1.21. The van der Waals surface area contributed by atoms with E-state index in [9.17, 15) is 14.7 Å². The number of carbonyl (C=O) groups excluding carboxylic acids is 1. The predicted molar refractivity (Wildman–Crippen MR) is 87.3 cm³/mol. The molecular weight excluding hydrogens is 334 g/mol. The van der Waals surface area contributed by atoms with Crippen LogP contribution in [-0.4, -0.2) is 42.8 Å². The fraction of sp³-hybridized carbons (Fsp3) is 0.529. The van der Waals surface area contributed by atoms with Gasteiger partial charge in [-0.05, 0) is 42.5 Å². The molecule has 130 valence electrons. The molecular formula is C17H20ClNO5. The van der Waals surface area contributed by atoms with Crippen molar-refractivity contribution >= 4 is 23.5 Å². The average molecular weight is 354 g/mol. The number of halogens is 1. The highest BCUT2D eigenvalue weighted by Crippen LogP contribution is 2.31. The molecule has 2 aliphatic rings. The average Bonchev–Trinajstić information content (AvgIpc) is 2.98. The Balaban J connectivity index is 1.56. The Morgan fingerprint density at radius 3 is 2.79 bits per heavy atom. The van der Waals surface area contributed by atoms with Crippen molar-refractivity contribution in [3.05, 3.63) is 28.8 Å². The van der Waals surface area contributed by atoms with Gasteiger partial charge >= 0.3 is 5.97 Å². The lowest BCUT2D eigenvalue weighted by Crippen LogP contribution is -2.43. The van der Waals surface area contributed by atoms with Crippen LogP contribution in [0.2, 0.25) is 5.02 Å². The van der Waals surface area contributed by atoms with Gasteiger partial charge in [-0.2, -0.15) is 0 Å². The molecule has 6 nitrogen and oxygen atoms in total. The fourth-order valence-electron chi connectivity index (χ4n) is 3.26. The van der Waals surface area contributed by atoms with Crippen molar-refractivity contribution in [3.8, 4) is 5.75 Å². The lowest BCUT2D eigenvalue weighted by atomic mass is 9.86. The monoisotopic (exact) mass is 353 g/mol. The number of hydrogen-bond donors (Lipinski definition) is 2. The van der Waals surface area contributed by atoms with Gasteiger partial charge in [0.25, 0.3) is 5.91 Å². The van der Waals surface area contributed by atoms with Crippen LogP contribution in [0, 0.1) is 11.8 Å². The Morgan fingerprint density at radius 2 is 2.08 bits per heavy atom. The number of fused-ring (bicyclic) bond motifs is 1. The first-order valence-electron chi connectivity index (χ1n) is 8.08. The minimum Gasteiger partial charge on any atom is -0.481 e.